The summed E-state index contributed by atoms with van der Waals surface area (Å²) in [6.07, 6.45) is 1.27. The van der Waals surface area contributed by atoms with Gasteiger partial charge in [0.25, 0.3) is 0 Å². The van der Waals surface area contributed by atoms with Crippen LogP contribution in [0.2, 0.25) is 0 Å². The summed E-state index contributed by atoms with van der Waals surface area (Å²) in [6, 6.07) is -0.742. The average Bonchev–Trinajstić information content (AvgIpc) is 2.26. The summed E-state index contributed by atoms with van der Waals surface area (Å²) in [7, 11) is -3.26. The molecule has 20 heavy (non-hydrogen) atoms. The molecule has 0 saturated carbocycles. The molecule has 0 spiro atoms. The highest BCUT2D eigenvalue weighted by atomic mass is 32.2. The zero-order valence-electron chi connectivity index (χ0n) is 11.6. The summed E-state index contributed by atoms with van der Waals surface area (Å²) in [6.45, 7) is 1.93. The third kappa shape index (κ3) is 5.46. The number of nitrogens with zero attached hydrogens (tertiary/aromatic N) is 1. The first-order valence-electron chi connectivity index (χ1n) is 6.68. The van der Waals surface area contributed by atoms with E-state index in [1.54, 1.807) is 0 Å². The molecule has 0 radical (unpaired) electrons. The van der Waals surface area contributed by atoms with E-state index in [1.165, 1.54) is 4.90 Å². The number of aliphatic carboxylic acids is 1. The van der Waals surface area contributed by atoms with Gasteiger partial charge in [-0.1, -0.05) is 0 Å². The summed E-state index contributed by atoms with van der Waals surface area (Å²) in [5, 5.41) is 8.84. The van der Waals surface area contributed by atoms with Crippen LogP contribution in [-0.2, 0) is 19.4 Å². The van der Waals surface area contributed by atoms with Crippen molar-refractivity contribution in [3.05, 3.63) is 0 Å². The van der Waals surface area contributed by atoms with Crippen LogP contribution in [-0.4, -0.2) is 60.4 Å². The van der Waals surface area contributed by atoms with E-state index in [-0.39, 0.29) is 42.8 Å². The van der Waals surface area contributed by atoms with Crippen molar-refractivity contribution in [2.45, 2.75) is 44.7 Å². The van der Waals surface area contributed by atoms with Gasteiger partial charge >= 0.3 is 5.97 Å². The largest absolute Gasteiger partial charge is 0.481 e. The molecule has 116 valence electrons. The predicted octanol–water partition coefficient (Wildman–Crippen LogP) is -0.396. The van der Waals surface area contributed by atoms with E-state index in [1.807, 2.05) is 6.92 Å². The molecule has 2 unspecified atom stereocenters. The van der Waals surface area contributed by atoms with Gasteiger partial charge in [0.1, 0.15) is 0 Å². The van der Waals surface area contributed by atoms with E-state index in [0.717, 1.165) is 0 Å². The summed E-state index contributed by atoms with van der Waals surface area (Å²) in [5.41, 5.74) is 5.60. The fourth-order valence-electron chi connectivity index (χ4n) is 2.30. The first-order chi connectivity index (χ1) is 9.21. The minimum Gasteiger partial charge on any atom is -0.481 e. The Labute approximate surface area is 119 Å². The molecule has 0 aromatic carbocycles. The van der Waals surface area contributed by atoms with Gasteiger partial charge in [0.05, 0.1) is 24.0 Å². The topological polar surface area (TPSA) is 118 Å². The van der Waals surface area contributed by atoms with Gasteiger partial charge in [-0.25, -0.2) is 8.42 Å². The number of carbonyl (C=O) groups is 2. The Bertz CT molecular complexity index is 460. The second-order valence-electron chi connectivity index (χ2n) is 5.32. The van der Waals surface area contributed by atoms with E-state index in [9.17, 15) is 18.0 Å². The highest BCUT2D eigenvalue weighted by molar-refractivity contribution is 7.91. The molecular weight excluding hydrogens is 284 g/mol. The van der Waals surface area contributed by atoms with Gasteiger partial charge in [0, 0.05) is 19.0 Å². The molecule has 1 aliphatic heterocycles. The lowest BCUT2D eigenvalue weighted by Crippen LogP contribution is -2.51. The maximum atomic E-state index is 12.1. The van der Waals surface area contributed by atoms with Gasteiger partial charge < -0.3 is 15.7 Å². The number of carboxylic acids is 1. The van der Waals surface area contributed by atoms with Crippen molar-refractivity contribution < 1.29 is 23.1 Å². The lowest BCUT2D eigenvalue weighted by atomic mass is 10.1. The fourth-order valence-corrected chi connectivity index (χ4v) is 3.83. The van der Waals surface area contributed by atoms with Crippen LogP contribution in [0.3, 0.4) is 0 Å². The number of amides is 1. The van der Waals surface area contributed by atoms with E-state index in [0.29, 0.717) is 12.8 Å². The Morgan fingerprint density at radius 3 is 2.65 bits per heavy atom. The standard InChI is InChI=1S/C12H22N2O5S/c1-9(13)3-2-4-11(15)14-5-6-20(18,19)8-10(14)7-12(16)17/h9-10H,2-8,13H2,1H3,(H,16,17). The predicted molar refractivity (Wildman–Crippen MR) is 73.9 cm³/mol. The van der Waals surface area contributed by atoms with Gasteiger partial charge in [-0.05, 0) is 19.8 Å². The Balaban J connectivity index is 2.64. The molecule has 7 nitrogen and oxygen atoms in total. The quantitative estimate of drug-likeness (QED) is 0.689. The van der Waals surface area contributed by atoms with Crippen molar-refractivity contribution in [2.75, 3.05) is 18.1 Å². The smallest absolute Gasteiger partial charge is 0.305 e. The van der Waals surface area contributed by atoms with Crippen molar-refractivity contribution in [2.24, 2.45) is 5.73 Å². The van der Waals surface area contributed by atoms with Crippen LogP contribution in [0, 0.1) is 0 Å². The summed E-state index contributed by atoms with van der Waals surface area (Å²) in [5.74, 6) is -1.65. The fraction of sp³-hybridized carbons (Fsp3) is 0.833. The molecule has 1 rings (SSSR count). The number of hydrogen-bond acceptors (Lipinski definition) is 5. The molecule has 1 heterocycles. The SMILES string of the molecule is CC(N)CCCC(=O)N1CCS(=O)(=O)CC1CC(=O)O. The molecule has 0 bridgehead atoms. The highest BCUT2D eigenvalue weighted by Crippen LogP contribution is 2.17. The summed E-state index contributed by atoms with van der Waals surface area (Å²) in [4.78, 5) is 24.3. The monoisotopic (exact) mass is 306 g/mol. The summed E-state index contributed by atoms with van der Waals surface area (Å²) >= 11 is 0. The van der Waals surface area contributed by atoms with E-state index < -0.39 is 21.8 Å². The normalized spacial score (nSPS) is 23.3. The molecule has 1 aliphatic rings. The van der Waals surface area contributed by atoms with Crippen LogP contribution < -0.4 is 5.73 Å². The number of rotatable bonds is 6. The van der Waals surface area contributed by atoms with Crippen LogP contribution in [0.4, 0.5) is 0 Å². The molecule has 0 aromatic rings. The number of carbonyl (C=O) groups excluding carboxylic acids is 1. The second kappa shape index (κ2) is 7.03. The van der Waals surface area contributed by atoms with Crippen LogP contribution in [0.5, 0.6) is 0 Å². The first kappa shape index (κ1) is 16.9. The average molecular weight is 306 g/mol. The molecule has 2 atom stereocenters. The minimum absolute atomic E-state index is 0.0133. The van der Waals surface area contributed by atoms with Crippen LogP contribution in [0.25, 0.3) is 0 Å². The van der Waals surface area contributed by atoms with E-state index >= 15 is 0 Å². The van der Waals surface area contributed by atoms with Gasteiger partial charge in [0.15, 0.2) is 9.84 Å². The van der Waals surface area contributed by atoms with Gasteiger partial charge in [-0.3, -0.25) is 9.59 Å². The molecule has 1 amide bonds. The van der Waals surface area contributed by atoms with Gasteiger partial charge in [-0.15, -0.1) is 0 Å². The Kier molecular flexibility index (Phi) is 5.94. The molecule has 1 fully saturated rings. The number of hydrogen-bond donors (Lipinski definition) is 2. The molecular formula is C12H22N2O5S. The first-order valence-corrected chi connectivity index (χ1v) is 8.50. The van der Waals surface area contributed by atoms with E-state index in [4.69, 9.17) is 10.8 Å². The van der Waals surface area contributed by atoms with Crippen molar-refractivity contribution in [1.82, 2.24) is 4.90 Å². The van der Waals surface area contributed by atoms with Crippen molar-refractivity contribution >= 4 is 21.7 Å². The number of nitrogens with two attached hydrogens (primary N) is 1. The van der Waals surface area contributed by atoms with Crippen LogP contribution in [0.1, 0.15) is 32.6 Å². The summed E-state index contributed by atoms with van der Waals surface area (Å²) < 4.78 is 23.1. The molecule has 8 heteroatoms. The second-order valence-corrected chi connectivity index (χ2v) is 7.55. The number of sulfone groups is 1. The van der Waals surface area contributed by atoms with Crippen molar-refractivity contribution in [3.63, 3.8) is 0 Å². The van der Waals surface area contributed by atoms with Crippen molar-refractivity contribution in [3.8, 4) is 0 Å². The lowest BCUT2D eigenvalue weighted by molar-refractivity contribution is -0.140. The van der Waals surface area contributed by atoms with Crippen LogP contribution in [0.15, 0.2) is 0 Å². The highest BCUT2D eigenvalue weighted by Gasteiger charge is 2.34. The van der Waals surface area contributed by atoms with Crippen molar-refractivity contribution in [1.29, 1.82) is 0 Å². The zero-order chi connectivity index (χ0) is 15.3. The Morgan fingerprint density at radius 1 is 1.45 bits per heavy atom. The van der Waals surface area contributed by atoms with Gasteiger partial charge in [-0.2, -0.15) is 0 Å². The number of carboxylic acid groups (broad SMARTS) is 1. The maximum Gasteiger partial charge on any atom is 0.305 e. The lowest BCUT2D eigenvalue weighted by Gasteiger charge is -2.34. The Morgan fingerprint density at radius 2 is 2.10 bits per heavy atom. The maximum absolute atomic E-state index is 12.1. The third-order valence-corrected chi connectivity index (χ3v) is 5.01. The molecule has 0 aliphatic carbocycles. The Hall–Kier alpha value is -1.15. The third-order valence-electron chi connectivity index (χ3n) is 3.31. The molecule has 3 N–H and O–H groups in total. The van der Waals surface area contributed by atoms with E-state index in [2.05, 4.69) is 0 Å². The zero-order valence-corrected chi connectivity index (χ0v) is 12.4. The molecule has 0 aromatic heterocycles. The van der Waals surface area contributed by atoms with Crippen LogP contribution >= 0.6 is 0 Å². The van der Waals surface area contributed by atoms with Gasteiger partial charge in [0.2, 0.25) is 5.91 Å². The minimum atomic E-state index is -3.26. The molecule has 1 saturated heterocycles.